The Kier molecular flexibility index (Phi) is 4.80. The van der Waals surface area contributed by atoms with Crippen molar-refractivity contribution in [3.05, 3.63) is 5.92 Å². The van der Waals surface area contributed by atoms with Gasteiger partial charge in [-0.15, -0.1) is 0 Å². The maximum atomic E-state index is 2.34. The van der Waals surface area contributed by atoms with Crippen LogP contribution in [-0.2, 0) is 20.4 Å². The smallest absolute Gasteiger partial charge is 0 e. The summed E-state index contributed by atoms with van der Waals surface area (Å²) in [5.41, 5.74) is 0. The van der Waals surface area contributed by atoms with E-state index in [4.69, 9.17) is 0 Å². The molecule has 1 rings (SSSR count). The van der Waals surface area contributed by atoms with E-state index in [9.17, 15) is 0 Å². The normalized spacial score (nSPS) is 29.3. The maximum Gasteiger partial charge on any atom is 0 e. The Hall–Kier alpha value is 0.662. The molecule has 0 aromatic heterocycles. The Morgan fingerprint density at radius 2 is 2.00 bits per heavy atom. The molecule has 1 heteroatoms. The summed E-state index contributed by atoms with van der Waals surface area (Å²) in [7, 11) is 0. The summed E-state index contributed by atoms with van der Waals surface area (Å²) in [4.78, 5) is 0. The average Bonchev–Trinajstić information content (AvgIpc) is 1.77. The molecule has 0 spiro atoms. The zero-order valence-corrected chi connectivity index (χ0v) is 9.00. The molecule has 1 fully saturated rings. The van der Waals surface area contributed by atoms with Gasteiger partial charge in [0.05, 0.1) is 0 Å². The molecule has 1 unspecified atom stereocenters. The molecule has 0 heterocycles. The molecule has 0 bridgehead atoms. The second-order valence-electron chi connectivity index (χ2n) is 2.99. The van der Waals surface area contributed by atoms with Crippen molar-refractivity contribution in [2.24, 2.45) is 5.92 Å². The van der Waals surface area contributed by atoms with Gasteiger partial charge < -0.3 is 5.92 Å². The minimum Gasteiger partial charge on any atom is -0.314 e. The van der Waals surface area contributed by atoms with Crippen molar-refractivity contribution in [3.63, 3.8) is 0 Å². The first-order valence-corrected chi connectivity index (χ1v) is 3.63. The van der Waals surface area contributed by atoms with Crippen LogP contribution in [0, 0.1) is 11.8 Å². The number of hydrogen-bond acceptors (Lipinski definition) is 0. The summed E-state index contributed by atoms with van der Waals surface area (Å²) in [6.07, 6.45) is 5.72. The van der Waals surface area contributed by atoms with E-state index in [1.54, 1.807) is 5.92 Å². The van der Waals surface area contributed by atoms with Gasteiger partial charge in [0, 0.05) is 20.4 Å². The molecule has 0 aromatic carbocycles. The minimum absolute atomic E-state index is 0. The predicted octanol–water partition coefficient (Wildman–Crippen LogP) is 2.79. The van der Waals surface area contributed by atoms with Crippen LogP contribution in [0.25, 0.3) is 0 Å². The topological polar surface area (TPSA) is 0 Å². The van der Waals surface area contributed by atoms with Crippen LogP contribution in [0.1, 0.15) is 39.5 Å². The van der Waals surface area contributed by atoms with Crippen LogP contribution in [0.5, 0.6) is 0 Å². The molecule has 9 heavy (non-hydrogen) atoms. The molecule has 55 valence electrons. The maximum absolute atomic E-state index is 2.34. The van der Waals surface area contributed by atoms with Crippen LogP contribution in [-0.4, -0.2) is 0 Å². The van der Waals surface area contributed by atoms with Crippen LogP contribution in [0.15, 0.2) is 0 Å². The largest absolute Gasteiger partial charge is 0.314 e. The van der Waals surface area contributed by atoms with Gasteiger partial charge >= 0.3 is 0 Å². The first-order chi connectivity index (χ1) is 3.80. The van der Waals surface area contributed by atoms with E-state index in [1.165, 1.54) is 25.7 Å². The third-order valence-electron chi connectivity index (χ3n) is 2.30. The van der Waals surface area contributed by atoms with Crippen LogP contribution < -0.4 is 0 Å². The Balaban J connectivity index is 0.000000640. The van der Waals surface area contributed by atoms with Gasteiger partial charge in [0.25, 0.3) is 0 Å². The third-order valence-corrected chi connectivity index (χ3v) is 2.30. The quantitative estimate of drug-likeness (QED) is 0.603. The Morgan fingerprint density at radius 3 is 2.33 bits per heavy atom. The first-order valence-electron chi connectivity index (χ1n) is 3.63. The molecule has 0 aliphatic heterocycles. The summed E-state index contributed by atoms with van der Waals surface area (Å²) in [6, 6.07) is 0. The molecule has 1 saturated carbocycles. The molecular weight excluding hydrogens is 282 g/mol. The van der Waals surface area contributed by atoms with E-state index in [0.29, 0.717) is 0 Å². The molecule has 1 aliphatic carbocycles. The number of rotatable bonds is 0. The van der Waals surface area contributed by atoms with Gasteiger partial charge in [0.15, 0.2) is 0 Å². The van der Waals surface area contributed by atoms with Crippen LogP contribution in [0.2, 0.25) is 0 Å². The summed E-state index contributed by atoms with van der Waals surface area (Å²) < 4.78 is 0. The molecule has 0 nitrogen and oxygen atoms in total. The molecule has 0 amide bonds. The predicted molar refractivity (Wildman–Crippen MR) is 36.5 cm³/mol. The van der Waals surface area contributed by atoms with Gasteiger partial charge in [-0.25, -0.2) is 0 Å². The minimum atomic E-state index is 0. The Bertz CT molecular complexity index is 61.0. The van der Waals surface area contributed by atoms with Crippen LogP contribution in [0.4, 0.5) is 0 Å². The van der Waals surface area contributed by atoms with Crippen molar-refractivity contribution in [3.8, 4) is 0 Å². The van der Waals surface area contributed by atoms with Gasteiger partial charge in [0.2, 0.25) is 0 Å². The van der Waals surface area contributed by atoms with E-state index in [2.05, 4.69) is 13.8 Å². The van der Waals surface area contributed by atoms with E-state index in [-0.39, 0.29) is 20.4 Å². The van der Waals surface area contributed by atoms with E-state index >= 15 is 0 Å². The Morgan fingerprint density at radius 1 is 1.33 bits per heavy atom. The van der Waals surface area contributed by atoms with Gasteiger partial charge in [0.1, 0.15) is 0 Å². The summed E-state index contributed by atoms with van der Waals surface area (Å²) >= 11 is 0. The summed E-state index contributed by atoms with van der Waals surface area (Å²) in [5, 5.41) is 0. The van der Waals surface area contributed by atoms with Crippen molar-refractivity contribution in [1.82, 2.24) is 0 Å². The van der Waals surface area contributed by atoms with Crippen LogP contribution in [0.3, 0.4) is 0 Å². The standard InChI is InChI=1S/C8H15.Re/c1-7-5-3-4-6-8(7)2;/h7H,3-6H2,1-2H3;/q-1;. The molecule has 1 aliphatic rings. The fraction of sp³-hybridized carbons (Fsp3) is 0.875. The SMILES string of the molecule is C[C-]1CCCCC1C.[Re]. The Labute approximate surface area is 72.1 Å². The zero-order chi connectivity index (χ0) is 5.98. The second-order valence-corrected chi connectivity index (χ2v) is 2.99. The van der Waals surface area contributed by atoms with Gasteiger partial charge in [-0.2, -0.15) is 19.3 Å². The van der Waals surface area contributed by atoms with Gasteiger partial charge in [-0.05, 0) is 0 Å². The van der Waals surface area contributed by atoms with Crippen molar-refractivity contribution in [1.29, 1.82) is 0 Å². The fourth-order valence-corrected chi connectivity index (χ4v) is 1.35. The summed E-state index contributed by atoms with van der Waals surface area (Å²) in [5.74, 6) is 2.64. The van der Waals surface area contributed by atoms with Crippen molar-refractivity contribution in [2.75, 3.05) is 0 Å². The molecule has 0 N–H and O–H groups in total. The first kappa shape index (κ1) is 9.66. The third kappa shape index (κ3) is 2.83. The fourth-order valence-electron chi connectivity index (χ4n) is 1.35. The summed E-state index contributed by atoms with van der Waals surface area (Å²) in [6.45, 7) is 4.64. The van der Waals surface area contributed by atoms with E-state index < -0.39 is 0 Å². The van der Waals surface area contributed by atoms with Crippen molar-refractivity contribution < 1.29 is 20.4 Å². The average molecular weight is 297 g/mol. The van der Waals surface area contributed by atoms with Crippen molar-refractivity contribution >= 4 is 0 Å². The molecule has 1 atom stereocenters. The molecule has 0 aromatic rings. The number of hydrogen-bond donors (Lipinski definition) is 0. The van der Waals surface area contributed by atoms with E-state index in [1.807, 2.05) is 0 Å². The monoisotopic (exact) mass is 298 g/mol. The molecular formula is C8H15Re-. The van der Waals surface area contributed by atoms with E-state index in [0.717, 1.165) is 5.92 Å². The van der Waals surface area contributed by atoms with Crippen molar-refractivity contribution in [2.45, 2.75) is 39.5 Å². The molecule has 1 radical (unpaired) electrons. The second kappa shape index (κ2) is 4.47. The molecule has 0 saturated heterocycles. The van der Waals surface area contributed by atoms with Gasteiger partial charge in [-0.1, -0.05) is 26.2 Å². The van der Waals surface area contributed by atoms with Crippen LogP contribution >= 0.6 is 0 Å². The zero-order valence-electron chi connectivity index (χ0n) is 6.28. The van der Waals surface area contributed by atoms with Gasteiger partial charge in [-0.3, -0.25) is 0 Å².